The van der Waals surface area contributed by atoms with Gasteiger partial charge in [0, 0.05) is 5.02 Å². The molecule has 0 aliphatic carbocycles. The van der Waals surface area contributed by atoms with Crippen molar-refractivity contribution in [2.75, 3.05) is 6.61 Å². The molecule has 0 aliphatic rings. The summed E-state index contributed by atoms with van der Waals surface area (Å²) >= 11 is 5.81. The first-order valence-corrected chi connectivity index (χ1v) is 4.82. The van der Waals surface area contributed by atoms with Gasteiger partial charge in [0.15, 0.2) is 11.3 Å². The van der Waals surface area contributed by atoms with E-state index in [1.807, 2.05) is 0 Å². The molecule has 0 atom stereocenters. The van der Waals surface area contributed by atoms with Crippen molar-refractivity contribution in [1.29, 1.82) is 0 Å². The van der Waals surface area contributed by atoms with Crippen LogP contribution in [0.25, 0.3) is 11.0 Å². The minimum atomic E-state index is -0.501. The molecule has 2 aromatic rings. The lowest BCUT2D eigenvalue weighted by Crippen LogP contribution is -2.05. The van der Waals surface area contributed by atoms with Crippen molar-refractivity contribution in [1.82, 2.24) is 5.16 Å². The van der Waals surface area contributed by atoms with E-state index < -0.39 is 5.97 Å². The summed E-state index contributed by atoms with van der Waals surface area (Å²) < 4.78 is 9.79. The van der Waals surface area contributed by atoms with Crippen LogP contribution in [0.3, 0.4) is 0 Å². The van der Waals surface area contributed by atoms with Gasteiger partial charge in [-0.05, 0) is 25.1 Å². The summed E-state index contributed by atoms with van der Waals surface area (Å²) in [6, 6.07) is 4.96. The van der Waals surface area contributed by atoms with Gasteiger partial charge in [0.2, 0.25) is 0 Å². The van der Waals surface area contributed by atoms with E-state index in [2.05, 4.69) is 5.16 Å². The summed E-state index contributed by atoms with van der Waals surface area (Å²) in [5, 5.41) is 4.74. The van der Waals surface area contributed by atoms with Crippen LogP contribution in [0.2, 0.25) is 5.02 Å². The zero-order valence-corrected chi connectivity index (χ0v) is 8.75. The van der Waals surface area contributed by atoms with Gasteiger partial charge in [-0.1, -0.05) is 16.8 Å². The molecule has 0 saturated heterocycles. The average molecular weight is 226 g/mol. The Hall–Kier alpha value is -1.55. The van der Waals surface area contributed by atoms with Crippen molar-refractivity contribution in [3.8, 4) is 0 Å². The third-order valence-corrected chi connectivity index (χ3v) is 2.14. The third-order valence-electron chi connectivity index (χ3n) is 1.90. The summed E-state index contributed by atoms with van der Waals surface area (Å²) in [5.74, 6) is -0.501. The van der Waals surface area contributed by atoms with Crippen molar-refractivity contribution in [3.63, 3.8) is 0 Å². The van der Waals surface area contributed by atoms with Gasteiger partial charge in [0.25, 0.3) is 0 Å². The lowest BCUT2D eigenvalue weighted by Gasteiger charge is -1.96. The fraction of sp³-hybridized carbons (Fsp3) is 0.200. The van der Waals surface area contributed by atoms with Crippen LogP contribution in [-0.2, 0) is 4.74 Å². The molecule has 0 fully saturated rings. The number of benzene rings is 1. The Kier molecular flexibility index (Phi) is 2.60. The molecule has 1 aromatic heterocycles. The molecule has 4 nitrogen and oxygen atoms in total. The predicted octanol–water partition coefficient (Wildman–Crippen LogP) is 2.66. The Labute approximate surface area is 90.8 Å². The normalized spacial score (nSPS) is 10.5. The highest BCUT2D eigenvalue weighted by Crippen LogP contribution is 2.22. The molecule has 1 aromatic carbocycles. The molecule has 0 saturated carbocycles. The van der Waals surface area contributed by atoms with Crippen LogP contribution in [0.4, 0.5) is 0 Å². The number of rotatable bonds is 2. The number of fused-ring (bicyclic) bond motifs is 1. The van der Waals surface area contributed by atoms with E-state index in [4.69, 9.17) is 20.9 Å². The molecule has 0 amide bonds. The monoisotopic (exact) mass is 225 g/mol. The highest BCUT2D eigenvalue weighted by Gasteiger charge is 2.16. The maximum Gasteiger partial charge on any atom is 0.361 e. The number of hydrogen-bond donors (Lipinski definition) is 0. The number of aromatic nitrogens is 1. The van der Waals surface area contributed by atoms with Crippen molar-refractivity contribution >= 4 is 28.5 Å². The molecule has 78 valence electrons. The van der Waals surface area contributed by atoms with E-state index in [-0.39, 0.29) is 5.69 Å². The maximum atomic E-state index is 11.4. The van der Waals surface area contributed by atoms with Crippen LogP contribution >= 0.6 is 11.6 Å². The molecule has 0 radical (unpaired) electrons. The maximum absolute atomic E-state index is 11.4. The van der Waals surface area contributed by atoms with Gasteiger partial charge in [0.1, 0.15) is 0 Å². The summed E-state index contributed by atoms with van der Waals surface area (Å²) in [6.45, 7) is 2.03. The topological polar surface area (TPSA) is 52.3 Å². The second kappa shape index (κ2) is 3.90. The Morgan fingerprint density at radius 1 is 1.60 bits per heavy atom. The summed E-state index contributed by atoms with van der Waals surface area (Å²) in [5.41, 5.74) is 0.678. The highest BCUT2D eigenvalue weighted by atomic mass is 35.5. The van der Waals surface area contributed by atoms with Crippen LogP contribution in [0.5, 0.6) is 0 Å². The molecule has 1 heterocycles. The summed E-state index contributed by atoms with van der Waals surface area (Å²) in [4.78, 5) is 11.4. The molecule has 0 aliphatic heterocycles. The van der Waals surface area contributed by atoms with Gasteiger partial charge >= 0.3 is 5.97 Å². The molecule has 0 unspecified atom stereocenters. The number of esters is 1. The van der Waals surface area contributed by atoms with Crippen molar-refractivity contribution in [2.24, 2.45) is 0 Å². The lowest BCUT2D eigenvalue weighted by molar-refractivity contribution is 0.0517. The Bertz CT molecular complexity index is 506. The second-order valence-corrected chi connectivity index (χ2v) is 3.33. The van der Waals surface area contributed by atoms with Crippen LogP contribution in [0, 0.1) is 0 Å². The van der Waals surface area contributed by atoms with Gasteiger partial charge < -0.3 is 9.26 Å². The Morgan fingerprint density at radius 2 is 2.40 bits per heavy atom. The summed E-state index contributed by atoms with van der Waals surface area (Å²) in [6.07, 6.45) is 0. The summed E-state index contributed by atoms with van der Waals surface area (Å²) in [7, 11) is 0. The minimum absolute atomic E-state index is 0.161. The van der Waals surface area contributed by atoms with Crippen molar-refractivity contribution < 1.29 is 14.1 Å². The number of hydrogen-bond acceptors (Lipinski definition) is 4. The molecule has 15 heavy (non-hydrogen) atoms. The minimum Gasteiger partial charge on any atom is -0.461 e. The van der Waals surface area contributed by atoms with Gasteiger partial charge in [-0.3, -0.25) is 0 Å². The number of carbonyl (C=O) groups is 1. The van der Waals surface area contributed by atoms with Crippen LogP contribution in [0.1, 0.15) is 17.4 Å². The van der Waals surface area contributed by atoms with Crippen LogP contribution in [-0.4, -0.2) is 17.7 Å². The molecule has 5 heteroatoms. The van der Waals surface area contributed by atoms with E-state index >= 15 is 0 Å². The second-order valence-electron chi connectivity index (χ2n) is 2.89. The molecular weight excluding hydrogens is 218 g/mol. The zero-order chi connectivity index (χ0) is 10.8. The third kappa shape index (κ3) is 1.80. The molecule has 0 spiro atoms. The number of nitrogens with zero attached hydrogens (tertiary/aromatic N) is 1. The van der Waals surface area contributed by atoms with E-state index in [0.717, 1.165) is 0 Å². The SMILES string of the molecule is CCOC(=O)c1noc2ccc(Cl)cc12. The van der Waals surface area contributed by atoms with E-state index in [1.54, 1.807) is 25.1 Å². The zero-order valence-electron chi connectivity index (χ0n) is 7.99. The van der Waals surface area contributed by atoms with E-state index in [9.17, 15) is 4.79 Å². The number of halogens is 1. The Morgan fingerprint density at radius 3 is 3.13 bits per heavy atom. The van der Waals surface area contributed by atoms with Crippen LogP contribution in [0.15, 0.2) is 22.7 Å². The largest absolute Gasteiger partial charge is 0.461 e. The molecule has 2 rings (SSSR count). The van der Waals surface area contributed by atoms with Gasteiger partial charge in [-0.25, -0.2) is 4.79 Å². The van der Waals surface area contributed by atoms with Gasteiger partial charge in [-0.15, -0.1) is 0 Å². The lowest BCUT2D eigenvalue weighted by atomic mass is 10.2. The fourth-order valence-electron chi connectivity index (χ4n) is 1.26. The van der Waals surface area contributed by atoms with Crippen LogP contribution < -0.4 is 0 Å². The number of ether oxygens (including phenoxy) is 1. The van der Waals surface area contributed by atoms with Gasteiger partial charge in [0.05, 0.1) is 12.0 Å². The quantitative estimate of drug-likeness (QED) is 0.738. The van der Waals surface area contributed by atoms with E-state index in [0.29, 0.717) is 22.6 Å². The van der Waals surface area contributed by atoms with Gasteiger partial charge in [-0.2, -0.15) is 0 Å². The standard InChI is InChI=1S/C10H8ClNO3/c1-2-14-10(13)9-7-5-6(11)3-4-8(7)15-12-9/h3-5H,2H2,1H3. The predicted molar refractivity (Wildman–Crippen MR) is 55.0 cm³/mol. The molecular formula is C10H8ClNO3. The Balaban J connectivity index is 2.52. The molecule has 0 bridgehead atoms. The van der Waals surface area contributed by atoms with Crippen molar-refractivity contribution in [3.05, 3.63) is 28.9 Å². The first-order valence-electron chi connectivity index (χ1n) is 4.44. The smallest absolute Gasteiger partial charge is 0.361 e. The molecule has 0 N–H and O–H groups in total. The van der Waals surface area contributed by atoms with E-state index in [1.165, 1.54) is 0 Å². The average Bonchev–Trinajstić information content (AvgIpc) is 2.60. The van der Waals surface area contributed by atoms with Crippen molar-refractivity contribution in [2.45, 2.75) is 6.92 Å². The number of carbonyl (C=O) groups excluding carboxylic acids is 1. The highest BCUT2D eigenvalue weighted by molar-refractivity contribution is 6.31. The first-order chi connectivity index (χ1) is 7.22. The first kappa shape index (κ1) is 9.98. The fourth-order valence-corrected chi connectivity index (χ4v) is 1.43.